The van der Waals surface area contributed by atoms with Crippen molar-refractivity contribution in [3.63, 3.8) is 0 Å². The van der Waals surface area contributed by atoms with Gasteiger partial charge in [0.05, 0.1) is 18.3 Å². The zero-order chi connectivity index (χ0) is 13.1. The van der Waals surface area contributed by atoms with Gasteiger partial charge >= 0.3 is 0 Å². The van der Waals surface area contributed by atoms with Crippen molar-refractivity contribution in [3.8, 4) is 11.3 Å². The van der Waals surface area contributed by atoms with Gasteiger partial charge in [-0.25, -0.2) is 4.98 Å². The van der Waals surface area contributed by atoms with Gasteiger partial charge in [0.2, 0.25) is 0 Å². The van der Waals surface area contributed by atoms with Crippen molar-refractivity contribution in [3.05, 3.63) is 41.3 Å². The number of aliphatic hydroxyl groups is 1. The van der Waals surface area contributed by atoms with Crippen molar-refractivity contribution in [2.75, 3.05) is 6.61 Å². The van der Waals surface area contributed by atoms with E-state index in [1.165, 1.54) is 5.56 Å². The summed E-state index contributed by atoms with van der Waals surface area (Å²) < 4.78 is 0. The number of imidazole rings is 1. The molecule has 4 heteroatoms. The summed E-state index contributed by atoms with van der Waals surface area (Å²) in [5, 5.41) is 9.04. The van der Waals surface area contributed by atoms with Crippen LogP contribution in [0.5, 0.6) is 0 Å². The lowest BCUT2D eigenvalue weighted by Crippen LogP contribution is -2.16. The zero-order valence-corrected chi connectivity index (χ0v) is 10.8. The van der Waals surface area contributed by atoms with E-state index in [9.17, 15) is 0 Å². The zero-order valence-electron chi connectivity index (χ0n) is 10.8. The van der Waals surface area contributed by atoms with Gasteiger partial charge in [0.15, 0.2) is 0 Å². The van der Waals surface area contributed by atoms with Gasteiger partial charge in [0, 0.05) is 11.3 Å². The highest BCUT2D eigenvalue weighted by Crippen LogP contribution is 2.23. The number of rotatable bonds is 4. The number of H-pyrrole nitrogens is 1. The Morgan fingerprint density at radius 1 is 1.33 bits per heavy atom. The van der Waals surface area contributed by atoms with Crippen molar-refractivity contribution in [1.82, 2.24) is 9.97 Å². The summed E-state index contributed by atoms with van der Waals surface area (Å²) in [5.41, 5.74) is 10.00. The van der Waals surface area contributed by atoms with E-state index >= 15 is 0 Å². The molecule has 18 heavy (non-hydrogen) atoms. The van der Waals surface area contributed by atoms with E-state index in [1.807, 2.05) is 6.92 Å². The first-order valence-corrected chi connectivity index (χ1v) is 6.18. The third kappa shape index (κ3) is 2.44. The fourth-order valence-electron chi connectivity index (χ4n) is 1.93. The van der Waals surface area contributed by atoms with E-state index in [1.54, 1.807) is 0 Å². The monoisotopic (exact) mass is 245 g/mol. The lowest BCUT2D eigenvalue weighted by atomic mass is 10.1. The van der Waals surface area contributed by atoms with Crippen LogP contribution in [0.25, 0.3) is 11.3 Å². The Bertz CT molecular complexity index is 516. The Labute approximate surface area is 107 Å². The topological polar surface area (TPSA) is 74.9 Å². The number of hydrogen-bond donors (Lipinski definition) is 3. The maximum Gasteiger partial charge on any atom is 0.126 e. The first kappa shape index (κ1) is 12.8. The highest BCUT2D eigenvalue weighted by molar-refractivity contribution is 5.62. The van der Waals surface area contributed by atoms with Crippen LogP contribution < -0.4 is 5.73 Å². The third-order valence-corrected chi connectivity index (χ3v) is 3.09. The van der Waals surface area contributed by atoms with Gasteiger partial charge in [-0.3, -0.25) is 0 Å². The molecule has 4 nitrogen and oxygen atoms in total. The summed E-state index contributed by atoms with van der Waals surface area (Å²) in [4.78, 5) is 7.59. The van der Waals surface area contributed by atoms with Crippen molar-refractivity contribution in [1.29, 1.82) is 0 Å². The Balaban J connectivity index is 2.34. The number of nitrogens with zero attached hydrogens (tertiary/aromatic N) is 1. The Kier molecular flexibility index (Phi) is 3.79. The third-order valence-electron chi connectivity index (χ3n) is 3.09. The van der Waals surface area contributed by atoms with Gasteiger partial charge in [-0.15, -0.1) is 0 Å². The maximum atomic E-state index is 9.04. The molecule has 2 aromatic rings. The molecule has 1 heterocycles. The van der Waals surface area contributed by atoms with Gasteiger partial charge in [-0.2, -0.15) is 0 Å². The van der Waals surface area contributed by atoms with Crippen LogP contribution in [0.3, 0.4) is 0 Å². The van der Waals surface area contributed by atoms with Crippen molar-refractivity contribution in [2.24, 2.45) is 5.73 Å². The van der Waals surface area contributed by atoms with Crippen LogP contribution in [0, 0.1) is 6.92 Å². The molecular formula is C14H19N3O. The Hall–Kier alpha value is -1.65. The van der Waals surface area contributed by atoms with Crippen molar-refractivity contribution in [2.45, 2.75) is 26.3 Å². The van der Waals surface area contributed by atoms with Crippen LogP contribution >= 0.6 is 0 Å². The van der Waals surface area contributed by atoms with Gasteiger partial charge in [0.25, 0.3) is 0 Å². The second kappa shape index (κ2) is 5.33. The molecule has 0 amide bonds. The molecule has 0 aliphatic carbocycles. The van der Waals surface area contributed by atoms with E-state index < -0.39 is 6.04 Å². The van der Waals surface area contributed by atoms with Gasteiger partial charge < -0.3 is 15.8 Å². The number of aliphatic hydroxyl groups excluding tert-OH is 1. The summed E-state index contributed by atoms with van der Waals surface area (Å²) >= 11 is 0. The fraction of sp³-hybridized carbons (Fsp3) is 0.357. The molecule has 4 N–H and O–H groups in total. The van der Waals surface area contributed by atoms with Crippen LogP contribution in [0.15, 0.2) is 24.3 Å². The summed E-state index contributed by atoms with van der Waals surface area (Å²) in [6.07, 6.45) is 1.03. The molecule has 0 spiro atoms. The summed E-state index contributed by atoms with van der Waals surface area (Å²) in [6, 6.07) is 7.89. The lowest BCUT2D eigenvalue weighted by molar-refractivity contribution is 0.264. The molecule has 2 rings (SSSR count). The van der Waals surface area contributed by atoms with E-state index in [0.717, 1.165) is 23.4 Å². The van der Waals surface area contributed by atoms with Crippen molar-refractivity contribution >= 4 is 0 Å². The van der Waals surface area contributed by atoms with E-state index in [4.69, 9.17) is 10.8 Å². The molecule has 0 saturated heterocycles. The predicted octanol–water partition coefficient (Wildman–Crippen LogP) is 1.94. The fourth-order valence-corrected chi connectivity index (χ4v) is 1.93. The first-order valence-electron chi connectivity index (χ1n) is 6.18. The molecule has 0 radical (unpaired) electrons. The number of aromatic amines is 1. The predicted molar refractivity (Wildman–Crippen MR) is 72.2 cm³/mol. The molecule has 96 valence electrons. The molecule has 0 aliphatic rings. The molecule has 1 aromatic heterocycles. The number of nitrogens with one attached hydrogen (secondary N) is 1. The molecular weight excluding hydrogens is 226 g/mol. The minimum Gasteiger partial charge on any atom is -0.394 e. The average molecular weight is 245 g/mol. The molecule has 1 unspecified atom stereocenters. The molecule has 1 aromatic carbocycles. The minimum atomic E-state index is -0.452. The number of aromatic nitrogens is 2. The number of benzene rings is 1. The second-order valence-corrected chi connectivity index (χ2v) is 4.44. The maximum absolute atomic E-state index is 9.04. The lowest BCUT2D eigenvalue weighted by Gasteiger charge is -2.02. The van der Waals surface area contributed by atoms with E-state index in [2.05, 4.69) is 41.2 Å². The smallest absolute Gasteiger partial charge is 0.126 e. The quantitative estimate of drug-likeness (QED) is 0.770. The normalized spacial score (nSPS) is 12.7. The van der Waals surface area contributed by atoms with E-state index in [0.29, 0.717) is 5.82 Å². The van der Waals surface area contributed by atoms with Gasteiger partial charge in [-0.1, -0.05) is 31.2 Å². The molecule has 0 aliphatic heterocycles. The Morgan fingerprint density at radius 3 is 2.56 bits per heavy atom. The number of nitrogens with two attached hydrogens (primary N) is 1. The molecule has 0 fully saturated rings. The molecule has 0 saturated carbocycles. The highest BCUT2D eigenvalue weighted by atomic mass is 16.3. The summed E-state index contributed by atoms with van der Waals surface area (Å²) in [6.45, 7) is 3.98. The largest absolute Gasteiger partial charge is 0.394 e. The van der Waals surface area contributed by atoms with Gasteiger partial charge in [-0.05, 0) is 18.9 Å². The van der Waals surface area contributed by atoms with Crippen molar-refractivity contribution < 1.29 is 5.11 Å². The van der Waals surface area contributed by atoms with Crippen LogP contribution in [0.2, 0.25) is 0 Å². The Morgan fingerprint density at radius 2 is 2.00 bits per heavy atom. The average Bonchev–Trinajstić information content (AvgIpc) is 2.80. The van der Waals surface area contributed by atoms with Crippen LogP contribution in [-0.2, 0) is 6.42 Å². The highest BCUT2D eigenvalue weighted by Gasteiger charge is 2.13. The van der Waals surface area contributed by atoms with Crippen LogP contribution in [0.1, 0.15) is 30.0 Å². The SMILES string of the molecule is CCc1ccc(-c2nc(C(N)CO)[nH]c2C)cc1. The van der Waals surface area contributed by atoms with Crippen LogP contribution in [-0.4, -0.2) is 21.7 Å². The second-order valence-electron chi connectivity index (χ2n) is 4.44. The number of aryl methyl sites for hydroxylation is 2. The molecule has 1 atom stereocenters. The number of hydrogen-bond acceptors (Lipinski definition) is 3. The standard InChI is InChI=1S/C14H19N3O/c1-3-10-4-6-11(7-5-10)13-9(2)16-14(17-13)12(15)8-18/h4-7,12,18H,3,8,15H2,1-2H3,(H,16,17). The minimum absolute atomic E-state index is 0.110. The van der Waals surface area contributed by atoms with Gasteiger partial charge in [0.1, 0.15) is 5.82 Å². The van der Waals surface area contributed by atoms with E-state index in [-0.39, 0.29) is 6.61 Å². The summed E-state index contributed by atoms with van der Waals surface area (Å²) in [5.74, 6) is 0.629. The summed E-state index contributed by atoms with van der Waals surface area (Å²) in [7, 11) is 0. The van der Waals surface area contributed by atoms with Crippen LogP contribution in [0.4, 0.5) is 0 Å². The molecule has 0 bridgehead atoms. The first-order chi connectivity index (χ1) is 8.65.